The van der Waals surface area contributed by atoms with E-state index in [1.807, 2.05) is 0 Å². The zero-order valence-corrected chi connectivity index (χ0v) is 10.1. The van der Waals surface area contributed by atoms with Gasteiger partial charge >= 0.3 is 0 Å². The first-order chi connectivity index (χ1) is 7.57. The molecule has 0 aromatic rings. The Morgan fingerprint density at radius 1 is 1.50 bits per heavy atom. The first-order valence-corrected chi connectivity index (χ1v) is 6.36. The Hall–Kier alpha value is -0.770. The molecule has 2 unspecified atom stereocenters. The van der Waals surface area contributed by atoms with Crippen LogP contribution in [-0.4, -0.2) is 29.3 Å². The quantitative estimate of drug-likeness (QED) is 0.495. The molecule has 0 aromatic carbocycles. The van der Waals surface area contributed by atoms with E-state index in [1.165, 1.54) is 19.3 Å². The number of hydrogen-bond donors (Lipinski definition) is 3. The number of nitrogens with zero attached hydrogens (tertiary/aromatic N) is 1. The molecule has 0 bridgehead atoms. The number of guanidine groups is 1. The van der Waals surface area contributed by atoms with Crippen LogP contribution in [-0.2, 0) is 0 Å². The van der Waals surface area contributed by atoms with Gasteiger partial charge in [-0.25, -0.2) is 0 Å². The number of nitrogens with two attached hydrogens (primary N) is 1. The van der Waals surface area contributed by atoms with Gasteiger partial charge in [0.2, 0.25) is 0 Å². The predicted octanol–water partition coefficient (Wildman–Crippen LogP) is 0.994. The average Bonchev–Trinajstić information content (AvgIpc) is 2.99. The molecule has 0 spiro atoms. The Bertz CT molecular complexity index is 275. The van der Waals surface area contributed by atoms with Crippen LogP contribution in [0.15, 0.2) is 4.99 Å². The monoisotopic (exact) mass is 225 g/mol. The zero-order valence-electron chi connectivity index (χ0n) is 10.1. The Morgan fingerprint density at radius 2 is 2.25 bits per heavy atom. The van der Waals surface area contributed by atoms with E-state index < -0.39 is 5.60 Å². The van der Waals surface area contributed by atoms with Crippen LogP contribution in [0.5, 0.6) is 0 Å². The summed E-state index contributed by atoms with van der Waals surface area (Å²) < 4.78 is 0. The lowest BCUT2D eigenvalue weighted by atomic mass is 9.79. The molecule has 4 nitrogen and oxygen atoms in total. The van der Waals surface area contributed by atoms with Gasteiger partial charge in [0.05, 0.1) is 12.1 Å². The highest BCUT2D eigenvalue weighted by molar-refractivity contribution is 5.78. The summed E-state index contributed by atoms with van der Waals surface area (Å²) in [5, 5.41) is 13.5. The van der Waals surface area contributed by atoms with E-state index >= 15 is 0 Å². The van der Waals surface area contributed by atoms with Crippen LogP contribution in [0.3, 0.4) is 0 Å². The zero-order chi connectivity index (χ0) is 11.6. The van der Waals surface area contributed by atoms with Crippen molar-refractivity contribution in [2.24, 2.45) is 16.6 Å². The van der Waals surface area contributed by atoms with Crippen LogP contribution in [0.25, 0.3) is 0 Å². The topological polar surface area (TPSA) is 70.6 Å². The predicted molar refractivity (Wildman–Crippen MR) is 65.2 cm³/mol. The van der Waals surface area contributed by atoms with Gasteiger partial charge < -0.3 is 16.2 Å². The minimum absolute atomic E-state index is 0.447. The summed E-state index contributed by atoms with van der Waals surface area (Å²) in [7, 11) is 0. The molecule has 2 fully saturated rings. The van der Waals surface area contributed by atoms with E-state index in [2.05, 4.69) is 17.2 Å². The second-order valence-electron chi connectivity index (χ2n) is 5.55. The number of aliphatic hydroxyl groups is 1. The van der Waals surface area contributed by atoms with Gasteiger partial charge in [0.15, 0.2) is 5.96 Å². The minimum Gasteiger partial charge on any atom is -0.388 e. The molecule has 0 heterocycles. The summed E-state index contributed by atoms with van der Waals surface area (Å²) in [6, 6.07) is 0.531. The molecule has 0 aliphatic heterocycles. The van der Waals surface area contributed by atoms with Gasteiger partial charge in [-0.3, -0.25) is 4.99 Å². The second-order valence-corrected chi connectivity index (χ2v) is 5.55. The van der Waals surface area contributed by atoms with E-state index in [0.717, 1.165) is 19.3 Å². The van der Waals surface area contributed by atoms with Crippen molar-refractivity contribution in [2.45, 2.75) is 57.1 Å². The van der Waals surface area contributed by atoms with Gasteiger partial charge in [-0.15, -0.1) is 0 Å². The number of aliphatic imine (C=N–C) groups is 1. The van der Waals surface area contributed by atoms with Crippen LogP contribution in [0.4, 0.5) is 0 Å². The fourth-order valence-corrected chi connectivity index (χ4v) is 2.49. The van der Waals surface area contributed by atoms with Gasteiger partial charge in [-0.1, -0.05) is 19.8 Å². The van der Waals surface area contributed by atoms with E-state index in [9.17, 15) is 5.11 Å². The minimum atomic E-state index is -0.618. The van der Waals surface area contributed by atoms with Crippen LogP contribution in [0.2, 0.25) is 0 Å². The molecular weight excluding hydrogens is 202 g/mol. The van der Waals surface area contributed by atoms with E-state index in [1.54, 1.807) is 0 Å². The highest BCUT2D eigenvalue weighted by atomic mass is 16.3. The molecule has 4 N–H and O–H groups in total. The van der Waals surface area contributed by atoms with Crippen molar-refractivity contribution in [1.29, 1.82) is 0 Å². The lowest BCUT2D eigenvalue weighted by Crippen LogP contribution is -2.40. The third-order valence-electron chi connectivity index (χ3n) is 3.54. The van der Waals surface area contributed by atoms with Crippen molar-refractivity contribution in [3.8, 4) is 0 Å². The molecule has 4 heteroatoms. The van der Waals surface area contributed by atoms with E-state index in [-0.39, 0.29) is 0 Å². The third kappa shape index (κ3) is 3.37. The van der Waals surface area contributed by atoms with Crippen molar-refractivity contribution in [2.75, 3.05) is 6.54 Å². The number of rotatable bonds is 3. The second kappa shape index (κ2) is 4.62. The molecule has 2 aliphatic rings. The van der Waals surface area contributed by atoms with Crippen LogP contribution in [0, 0.1) is 5.92 Å². The van der Waals surface area contributed by atoms with Crippen molar-refractivity contribution < 1.29 is 5.11 Å². The summed E-state index contributed by atoms with van der Waals surface area (Å²) in [6.45, 7) is 2.64. The molecule has 0 saturated heterocycles. The first kappa shape index (κ1) is 11.7. The largest absolute Gasteiger partial charge is 0.388 e. The van der Waals surface area contributed by atoms with Crippen molar-refractivity contribution in [1.82, 2.24) is 5.32 Å². The average molecular weight is 225 g/mol. The lowest BCUT2D eigenvalue weighted by molar-refractivity contribution is -0.00406. The molecule has 0 amide bonds. The van der Waals surface area contributed by atoms with Gasteiger partial charge in [-0.2, -0.15) is 0 Å². The molecular formula is C12H23N3O. The van der Waals surface area contributed by atoms with Gasteiger partial charge in [0, 0.05) is 6.04 Å². The Kier molecular flexibility index (Phi) is 3.38. The Balaban J connectivity index is 1.82. The molecule has 2 aliphatic carbocycles. The van der Waals surface area contributed by atoms with Gasteiger partial charge in [0.1, 0.15) is 0 Å². The maximum atomic E-state index is 10.3. The normalized spacial score (nSPS) is 36.1. The van der Waals surface area contributed by atoms with Crippen LogP contribution >= 0.6 is 0 Å². The van der Waals surface area contributed by atoms with Gasteiger partial charge in [-0.05, 0) is 31.6 Å². The van der Waals surface area contributed by atoms with Crippen molar-refractivity contribution in [3.05, 3.63) is 0 Å². The van der Waals surface area contributed by atoms with E-state index in [0.29, 0.717) is 24.5 Å². The fourth-order valence-electron chi connectivity index (χ4n) is 2.49. The summed E-state index contributed by atoms with van der Waals surface area (Å²) in [4.78, 5) is 4.27. The van der Waals surface area contributed by atoms with E-state index in [4.69, 9.17) is 5.73 Å². The molecule has 0 radical (unpaired) electrons. The van der Waals surface area contributed by atoms with Gasteiger partial charge in [0.25, 0.3) is 0 Å². The maximum absolute atomic E-state index is 10.3. The summed E-state index contributed by atoms with van der Waals surface area (Å²) >= 11 is 0. The van der Waals surface area contributed by atoms with Crippen LogP contribution in [0.1, 0.15) is 45.4 Å². The number of hydrogen-bond acceptors (Lipinski definition) is 2. The Morgan fingerprint density at radius 3 is 2.88 bits per heavy atom. The standard InChI is InChI=1S/C12H23N3O/c1-9-3-2-6-12(16,7-9)8-14-11(13)15-10-4-5-10/h9-10,16H,2-8H2,1H3,(H3,13,14,15). The third-order valence-corrected chi connectivity index (χ3v) is 3.54. The molecule has 2 atom stereocenters. The SMILES string of the molecule is CC1CCCC(O)(CN=C(N)NC2CC2)C1. The lowest BCUT2D eigenvalue weighted by Gasteiger charge is -2.34. The van der Waals surface area contributed by atoms with Crippen molar-refractivity contribution >= 4 is 5.96 Å². The molecule has 2 saturated carbocycles. The number of nitrogens with one attached hydrogen (secondary N) is 1. The molecule has 0 aromatic heterocycles. The first-order valence-electron chi connectivity index (χ1n) is 6.36. The smallest absolute Gasteiger partial charge is 0.188 e. The summed E-state index contributed by atoms with van der Waals surface area (Å²) in [5.41, 5.74) is 5.14. The highest BCUT2D eigenvalue weighted by Gasteiger charge is 2.32. The van der Waals surface area contributed by atoms with Crippen molar-refractivity contribution in [3.63, 3.8) is 0 Å². The molecule has 16 heavy (non-hydrogen) atoms. The Labute approximate surface area is 97.3 Å². The summed E-state index contributed by atoms with van der Waals surface area (Å²) in [6.07, 6.45) is 6.42. The van der Waals surface area contributed by atoms with Crippen LogP contribution < -0.4 is 11.1 Å². The fraction of sp³-hybridized carbons (Fsp3) is 0.917. The summed E-state index contributed by atoms with van der Waals surface area (Å²) in [5.74, 6) is 1.10. The molecule has 92 valence electrons. The highest BCUT2D eigenvalue weighted by Crippen LogP contribution is 2.32. The maximum Gasteiger partial charge on any atom is 0.188 e. The molecule has 2 rings (SSSR count).